The predicted octanol–water partition coefficient (Wildman–Crippen LogP) is 6.96. The van der Waals surface area contributed by atoms with E-state index in [1.54, 1.807) is 24.3 Å². The number of aryl methyl sites for hydroxylation is 1. The maximum atomic E-state index is 13.5. The Kier molecular flexibility index (Phi) is 7.53. The molecule has 1 heterocycles. The molecular weight excluding hydrogens is 462 g/mol. The van der Waals surface area contributed by atoms with E-state index in [2.05, 4.69) is 27.7 Å². The van der Waals surface area contributed by atoms with E-state index >= 15 is 0 Å². The molecule has 5 heteroatoms. The minimum absolute atomic E-state index is 0.0493. The summed E-state index contributed by atoms with van der Waals surface area (Å²) in [5, 5.41) is 11.4. The summed E-state index contributed by atoms with van der Waals surface area (Å²) in [6.07, 6.45) is 1.72. The van der Waals surface area contributed by atoms with Gasteiger partial charge in [-0.25, -0.2) is 0 Å². The highest BCUT2D eigenvalue weighted by atomic mass is 16.5. The van der Waals surface area contributed by atoms with Gasteiger partial charge in [-0.3, -0.25) is 14.5 Å². The van der Waals surface area contributed by atoms with E-state index in [1.807, 2.05) is 55.5 Å². The van der Waals surface area contributed by atoms with Crippen LogP contribution >= 0.6 is 0 Å². The van der Waals surface area contributed by atoms with Crippen molar-refractivity contribution in [2.45, 2.75) is 58.9 Å². The zero-order chi connectivity index (χ0) is 26.7. The van der Waals surface area contributed by atoms with Crippen LogP contribution < -0.4 is 9.64 Å². The van der Waals surface area contributed by atoms with Gasteiger partial charge >= 0.3 is 0 Å². The Morgan fingerprint density at radius 3 is 2.22 bits per heavy atom. The molecule has 1 saturated heterocycles. The molecule has 3 aromatic rings. The number of ether oxygens (including phenoxy) is 1. The largest absolute Gasteiger partial charge is 0.507 e. The van der Waals surface area contributed by atoms with Crippen molar-refractivity contribution in [3.63, 3.8) is 0 Å². The summed E-state index contributed by atoms with van der Waals surface area (Å²) in [4.78, 5) is 28.4. The molecule has 5 nitrogen and oxygen atoms in total. The van der Waals surface area contributed by atoms with Crippen LogP contribution in [0.2, 0.25) is 0 Å². The molecule has 1 amide bonds. The Morgan fingerprint density at radius 2 is 1.62 bits per heavy atom. The Bertz CT molecular complexity index is 1310. The van der Waals surface area contributed by atoms with Gasteiger partial charge in [0, 0.05) is 17.3 Å². The Morgan fingerprint density at radius 1 is 0.946 bits per heavy atom. The number of aliphatic hydroxyl groups excluding tert-OH is 1. The molecule has 0 saturated carbocycles. The quantitative estimate of drug-likeness (QED) is 0.218. The summed E-state index contributed by atoms with van der Waals surface area (Å²) in [5.74, 6) is -0.934. The topological polar surface area (TPSA) is 66.8 Å². The van der Waals surface area contributed by atoms with E-state index in [0.29, 0.717) is 23.6 Å². The molecular formula is C32H35NO4. The first-order chi connectivity index (χ1) is 17.7. The molecule has 3 aromatic carbocycles. The lowest BCUT2D eigenvalue weighted by atomic mass is 9.85. The number of nitrogens with zero attached hydrogens (tertiary/aromatic N) is 1. The lowest BCUT2D eigenvalue weighted by Gasteiger charge is -2.27. The summed E-state index contributed by atoms with van der Waals surface area (Å²) in [6.45, 7) is 11.0. The molecule has 1 N–H and O–H groups in total. The van der Waals surface area contributed by atoms with Crippen LogP contribution in [0.3, 0.4) is 0 Å². The van der Waals surface area contributed by atoms with Gasteiger partial charge in [-0.05, 0) is 47.1 Å². The van der Waals surface area contributed by atoms with E-state index in [0.717, 1.165) is 29.5 Å². The van der Waals surface area contributed by atoms with Crippen molar-refractivity contribution in [1.29, 1.82) is 0 Å². The number of hydrogen-bond donors (Lipinski definition) is 1. The minimum Gasteiger partial charge on any atom is -0.507 e. The summed E-state index contributed by atoms with van der Waals surface area (Å²) in [5.41, 5.74) is 4.09. The normalized spacial score (nSPS) is 17.3. The Labute approximate surface area is 219 Å². The molecule has 1 fully saturated rings. The molecule has 0 aromatic heterocycles. The molecule has 0 aliphatic carbocycles. The molecule has 1 aliphatic heterocycles. The van der Waals surface area contributed by atoms with Gasteiger partial charge < -0.3 is 9.84 Å². The van der Waals surface area contributed by atoms with Gasteiger partial charge in [0.15, 0.2) is 0 Å². The molecule has 4 rings (SSSR count). The van der Waals surface area contributed by atoms with Gasteiger partial charge in [-0.1, -0.05) is 89.2 Å². The van der Waals surface area contributed by atoms with Crippen LogP contribution in [0.5, 0.6) is 5.75 Å². The van der Waals surface area contributed by atoms with E-state index in [-0.39, 0.29) is 16.7 Å². The first-order valence-corrected chi connectivity index (χ1v) is 12.9. The highest BCUT2D eigenvalue weighted by molar-refractivity contribution is 6.51. The second-order valence-corrected chi connectivity index (χ2v) is 10.4. The number of carbonyl (C=O) groups is 2. The van der Waals surface area contributed by atoms with Crippen LogP contribution in [0.1, 0.15) is 69.3 Å². The van der Waals surface area contributed by atoms with Crippen LogP contribution in [0, 0.1) is 0 Å². The van der Waals surface area contributed by atoms with Crippen molar-refractivity contribution in [2.75, 3.05) is 11.5 Å². The van der Waals surface area contributed by atoms with E-state index in [4.69, 9.17) is 4.74 Å². The van der Waals surface area contributed by atoms with Crippen molar-refractivity contribution < 1.29 is 19.4 Å². The highest BCUT2D eigenvalue weighted by Crippen LogP contribution is 2.43. The fraction of sp³-hybridized carbons (Fsp3) is 0.312. The van der Waals surface area contributed by atoms with Gasteiger partial charge in [0.1, 0.15) is 11.5 Å². The summed E-state index contributed by atoms with van der Waals surface area (Å²) in [7, 11) is 0. The molecule has 0 spiro atoms. The molecule has 1 aliphatic rings. The van der Waals surface area contributed by atoms with Crippen molar-refractivity contribution in [3.05, 3.63) is 101 Å². The summed E-state index contributed by atoms with van der Waals surface area (Å²) in [6, 6.07) is 21.8. The average molecular weight is 498 g/mol. The lowest BCUT2D eigenvalue weighted by Crippen LogP contribution is -2.29. The van der Waals surface area contributed by atoms with Gasteiger partial charge in [0.05, 0.1) is 18.2 Å². The van der Waals surface area contributed by atoms with Crippen molar-refractivity contribution in [2.24, 2.45) is 0 Å². The van der Waals surface area contributed by atoms with E-state index in [1.165, 1.54) is 4.90 Å². The number of amides is 1. The number of rotatable bonds is 7. The second-order valence-electron chi connectivity index (χ2n) is 10.4. The number of Topliss-reactive ketones (excluding diaryl/α,β-unsaturated/α-hetero) is 1. The second kappa shape index (κ2) is 10.6. The van der Waals surface area contributed by atoms with Crippen LogP contribution in [0.25, 0.3) is 5.76 Å². The SMILES string of the molecule is CCCOc1cccc(N2C(=O)C(=O)/C(=C(/O)c3ccc(CC)cc3)C2c2ccc(C(C)(C)C)cc2)c1. The van der Waals surface area contributed by atoms with Crippen LogP contribution in [0.15, 0.2) is 78.4 Å². The Balaban J connectivity index is 1.88. The summed E-state index contributed by atoms with van der Waals surface area (Å²) >= 11 is 0. The van der Waals surface area contributed by atoms with E-state index in [9.17, 15) is 14.7 Å². The molecule has 192 valence electrons. The monoisotopic (exact) mass is 497 g/mol. The van der Waals surface area contributed by atoms with Crippen molar-refractivity contribution in [3.8, 4) is 5.75 Å². The van der Waals surface area contributed by atoms with Gasteiger partial charge in [-0.15, -0.1) is 0 Å². The number of aliphatic hydroxyl groups is 1. The van der Waals surface area contributed by atoms with Crippen LogP contribution in [-0.4, -0.2) is 23.4 Å². The third kappa shape index (κ3) is 5.31. The van der Waals surface area contributed by atoms with Gasteiger partial charge in [-0.2, -0.15) is 0 Å². The summed E-state index contributed by atoms with van der Waals surface area (Å²) < 4.78 is 5.79. The van der Waals surface area contributed by atoms with Crippen molar-refractivity contribution in [1.82, 2.24) is 0 Å². The molecule has 0 radical (unpaired) electrons. The highest BCUT2D eigenvalue weighted by Gasteiger charge is 2.47. The van der Waals surface area contributed by atoms with Gasteiger partial charge in [0.2, 0.25) is 0 Å². The maximum absolute atomic E-state index is 13.5. The number of hydrogen-bond acceptors (Lipinski definition) is 4. The molecule has 1 atom stereocenters. The smallest absolute Gasteiger partial charge is 0.300 e. The number of ketones is 1. The minimum atomic E-state index is -0.777. The third-order valence-corrected chi connectivity index (χ3v) is 6.74. The van der Waals surface area contributed by atoms with Gasteiger partial charge in [0.25, 0.3) is 11.7 Å². The number of anilines is 1. The molecule has 0 bridgehead atoms. The van der Waals surface area contributed by atoms with Crippen LogP contribution in [-0.2, 0) is 21.4 Å². The lowest BCUT2D eigenvalue weighted by molar-refractivity contribution is -0.132. The zero-order valence-electron chi connectivity index (χ0n) is 22.2. The Hall–Kier alpha value is -3.86. The number of benzene rings is 3. The number of carbonyl (C=O) groups excluding carboxylic acids is 2. The fourth-order valence-corrected chi connectivity index (χ4v) is 4.58. The zero-order valence-corrected chi connectivity index (χ0v) is 22.2. The predicted molar refractivity (Wildman–Crippen MR) is 148 cm³/mol. The van der Waals surface area contributed by atoms with Crippen molar-refractivity contribution >= 4 is 23.1 Å². The maximum Gasteiger partial charge on any atom is 0.300 e. The third-order valence-electron chi connectivity index (χ3n) is 6.74. The fourth-order valence-electron chi connectivity index (χ4n) is 4.58. The standard InChI is InChI=1S/C32H35NO4/c1-6-19-37-26-10-8-9-25(20-26)33-28(22-15-17-24(18-16-22)32(3,4)5)27(30(35)31(33)36)29(34)23-13-11-21(7-2)12-14-23/h8-18,20,28,34H,6-7,19H2,1-5H3/b29-27+. The first-order valence-electron chi connectivity index (χ1n) is 12.9. The van der Waals surface area contributed by atoms with Crippen LogP contribution in [0.4, 0.5) is 5.69 Å². The first kappa shape index (κ1) is 26.2. The molecule has 1 unspecified atom stereocenters. The molecule has 37 heavy (non-hydrogen) atoms. The average Bonchev–Trinajstić information content (AvgIpc) is 3.17. The van der Waals surface area contributed by atoms with E-state index < -0.39 is 17.7 Å².